The Labute approximate surface area is 110 Å². The van der Waals surface area contributed by atoms with E-state index in [0.717, 1.165) is 30.2 Å². The fraction of sp³-hybridized carbons (Fsp3) is 0.357. The van der Waals surface area contributed by atoms with Gasteiger partial charge >= 0.3 is 0 Å². The monoisotopic (exact) mass is 293 g/mol. The van der Waals surface area contributed by atoms with E-state index in [1.807, 2.05) is 24.3 Å². The van der Waals surface area contributed by atoms with Gasteiger partial charge < -0.3 is 5.32 Å². The van der Waals surface area contributed by atoms with Crippen molar-refractivity contribution in [2.45, 2.75) is 30.6 Å². The highest BCUT2D eigenvalue weighted by Crippen LogP contribution is 2.12. The average molecular weight is 294 g/mol. The molecule has 0 radical (unpaired) electrons. The predicted octanol–water partition coefficient (Wildman–Crippen LogP) is 3.42. The Morgan fingerprint density at radius 3 is 2.65 bits per heavy atom. The molecule has 90 valence electrons. The fourth-order valence-electron chi connectivity index (χ4n) is 1.94. The van der Waals surface area contributed by atoms with Crippen LogP contribution in [0.15, 0.2) is 36.4 Å². The molecule has 0 heterocycles. The maximum absolute atomic E-state index is 12.0. The van der Waals surface area contributed by atoms with Gasteiger partial charge in [-0.2, -0.15) is 0 Å². The van der Waals surface area contributed by atoms with Crippen LogP contribution in [-0.4, -0.2) is 11.9 Å². The molecule has 1 aromatic rings. The van der Waals surface area contributed by atoms with Crippen molar-refractivity contribution >= 4 is 21.8 Å². The fourth-order valence-corrected chi connectivity index (χ4v) is 2.31. The van der Waals surface area contributed by atoms with Gasteiger partial charge in [0.05, 0.1) is 0 Å². The van der Waals surface area contributed by atoms with Crippen LogP contribution in [0.1, 0.15) is 35.2 Å². The molecule has 1 N–H and O–H groups in total. The molecule has 0 aromatic heterocycles. The molecule has 2 nitrogen and oxygen atoms in total. The van der Waals surface area contributed by atoms with Crippen LogP contribution in [0.5, 0.6) is 0 Å². The van der Waals surface area contributed by atoms with Crippen molar-refractivity contribution in [3.05, 3.63) is 47.5 Å². The maximum Gasteiger partial charge on any atom is 0.251 e. The number of nitrogens with one attached hydrogen (secondary N) is 1. The summed E-state index contributed by atoms with van der Waals surface area (Å²) in [5.74, 6) is 0.0337. The summed E-state index contributed by atoms with van der Waals surface area (Å²) in [4.78, 5) is 12.0. The molecule has 1 aromatic carbocycles. The second kappa shape index (κ2) is 6.01. The standard InChI is InChI=1S/C14H16BrNO/c15-10-11-6-8-12(9-7-11)14(17)16-13-4-2-1-3-5-13/h1-2,6-9,13H,3-5,10H2,(H,16,17). The van der Waals surface area contributed by atoms with Crippen molar-refractivity contribution in [2.75, 3.05) is 0 Å². The van der Waals surface area contributed by atoms with E-state index in [9.17, 15) is 4.79 Å². The van der Waals surface area contributed by atoms with Crippen LogP contribution >= 0.6 is 15.9 Å². The number of carbonyl (C=O) groups is 1. The van der Waals surface area contributed by atoms with Crippen LogP contribution in [0.25, 0.3) is 0 Å². The Morgan fingerprint density at radius 2 is 2.06 bits per heavy atom. The van der Waals surface area contributed by atoms with Gasteiger partial charge in [-0.1, -0.05) is 40.2 Å². The first-order valence-corrected chi connectivity index (χ1v) is 7.02. The quantitative estimate of drug-likeness (QED) is 0.671. The molecule has 0 fully saturated rings. The second-order valence-corrected chi connectivity index (χ2v) is 4.85. The molecule has 0 saturated heterocycles. The molecular weight excluding hydrogens is 278 g/mol. The number of rotatable bonds is 3. The first-order valence-electron chi connectivity index (χ1n) is 5.90. The Hall–Kier alpha value is -1.09. The number of amides is 1. The minimum absolute atomic E-state index is 0.0337. The summed E-state index contributed by atoms with van der Waals surface area (Å²) < 4.78 is 0. The van der Waals surface area contributed by atoms with E-state index in [4.69, 9.17) is 0 Å². The zero-order valence-electron chi connectivity index (χ0n) is 9.66. The number of hydrogen-bond acceptors (Lipinski definition) is 1. The Kier molecular flexibility index (Phi) is 4.37. The van der Waals surface area contributed by atoms with E-state index < -0.39 is 0 Å². The van der Waals surface area contributed by atoms with Crippen LogP contribution in [0.3, 0.4) is 0 Å². The molecule has 3 heteroatoms. The van der Waals surface area contributed by atoms with Crippen LogP contribution in [0.2, 0.25) is 0 Å². The molecule has 0 bridgehead atoms. The predicted molar refractivity (Wildman–Crippen MR) is 73.3 cm³/mol. The highest BCUT2D eigenvalue weighted by molar-refractivity contribution is 9.08. The van der Waals surface area contributed by atoms with Crippen LogP contribution < -0.4 is 5.32 Å². The lowest BCUT2D eigenvalue weighted by Crippen LogP contribution is -2.35. The second-order valence-electron chi connectivity index (χ2n) is 4.29. The highest BCUT2D eigenvalue weighted by Gasteiger charge is 2.13. The van der Waals surface area contributed by atoms with E-state index in [1.54, 1.807) is 0 Å². The first kappa shape index (κ1) is 12.4. The number of alkyl halides is 1. The van der Waals surface area contributed by atoms with Gasteiger partial charge in [-0.25, -0.2) is 0 Å². The van der Waals surface area contributed by atoms with Gasteiger partial charge in [0.2, 0.25) is 0 Å². The summed E-state index contributed by atoms with van der Waals surface area (Å²) >= 11 is 3.39. The van der Waals surface area contributed by atoms with Crippen LogP contribution in [-0.2, 0) is 5.33 Å². The lowest BCUT2D eigenvalue weighted by molar-refractivity contribution is 0.0935. The number of carbonyl (C=O) groups excluding carboxylic acids is 1. The Balaban J connectivity index is 1.96. The van der Waals surface area contributed by atoms with Gasteiger partial charge in [-0.05, 0) is 37.0 Å². The van der Waals surface area contributed by atoms with Gasteiger partial charge in [-0.3, -0.25) is 4.79 Å². The number of halogens is 1. The van der Waals surface area contributed by atoms with Gasteiger partial charge in [0.25, 0.3) is 5.91 Å². The lowest BCUT2D eigenvalue weighted by Gasteiger charge is -2.19. The molecular formula is C14H16BrNO. The van der Waals surface area contributed by atoms with Crippen molar-refractivity contribution in [1.82, 2.24) is 5.32 Å². The maximum atomic E-state index is 12.0. The third-order valence-corrected chi connectivity index (χ3v) is 3.62. The lowest BCUT2D eigenvalue weighted by atomic mass is 10.0. The Bertz CT molecular complexity index is 411. The molecule has 0 aliphatic heterocycles. The first-order chi connectivity index (χ1) is 8.29. The number of allylic oxidation sites excluding steroid dienone is 1. The van der Waals surface area contributed by atoms with E-state index in [1.165, 1.54) is 5.56 Å². The average Bonchev–Trinajstić information content (AvgIpc) is 2.40. The molecule has 0 saturated carbocycles. The van der Waals surface area contributed by atoms with Gasteiger partial charge in [0, 0.05) is 16.9 Å². The third-order valence-electron chi connectivity index (χ3n) is 2.97. The summed E-state index contributed by atoms with van der Waals surface area (Å²) in [5.41, 5.74) is 1.92. The minimum Gasteiger partial charge on any atom is -0.349 e. The largest absolute Gasteiger partial charge is 0.349 e. The SMILES string of the molecule is O=C(NC1CC=CCC1)c1ccc(CBr)cc1. The smallest absolute Gasteiger partial charge is 0.251 e. The zero-order valence-corrected chi connectivity index (χ0v) is 11.2. The van der Waals surface area contributed by atoms with Crippen LogP contribution in [0.4, 0.5) is 0 Å². The molecule has 1 unspecified atom stereocenters. The third kappa shape index (κ3) is 3.43. The molecule has 1 atom stereocenters. The van der Waals surface area contributed by atoms with E-state index in [-0.39, 0.29) is 5.91 Å². The van der Waals surface area contributed by atoms with E-state index >= 15 is 0 Å². The van der Waals surface area contributed by atoms with Crippen molar-refractivity contribution in [1.29, 1.82) is 0 Å². The summed E-state index contributed by atoms with van der Waals surface area (Å²) in [6, 6.07) is 8.01. The van der Waals surface area contributed by atoms with Gasteiger partial charge in [-0.15, -0.1) is 0 Å². The van der Waals surface area contributed by atoms with Crippen molar-refractivity contribution in [3.8, 4) is 0 Å². The van der Waals surface area contributed by atoms with Crippen molar-refractivity contribution in [3.63, 3.8) is 0 Å². The molecule has 1 aliphatic rings. The number of benzene rings is 1. The topological polar surface area (TPSA) is 29.1 Å². The normalized spacial score (nSPS) is 19.0. The van der Waals surface area contributed by atoms with Crippen molar-refractivity contribution < 1.29 is 4.79 Å². The highest BCUT2D eigenvalue weighted by atomic mass is 79.9. The Morgan fingerprint density at radius 1 is 1.29 bits per heavy atom. The summed E-state index contributed by atoms with van der Waals surface area (Å²) in [6.45, 7) is 0. The molecule has 2 rings (SSSR count). The van der Waals surface area contributed by atoms with E-state index in [2.05, 4.69) is 33.4 Å². The minimum atomic E-state index is 0.0337. The zero-order chi connectivity index (χ0) is 12.1. The molecule has 1 aliphatic carbocycles. The summed E-state index contributed by atoms with van der Waals surface area (Å²) in [6.07, 6.45) is 7.37. The van der Waals surface area contributed by atoms with Gasteiger partial charge in [0.15, 0.2) is 0 Å². The van der Waals surface area contributed by atoms with Crippen LogP contribution in [0, 0.1) is 0 Å². The number of hydrogen-bond donors (Lipinski definition) is 1. The molecule has 1 amide bonds. The molecule has 17 heavy (non-hydrogen) atoms. The molecule has 0 spiro atoms. The van der Waals surface area contributed by atoms with Gasteiger partial charge in [0.1, 0.15) is 0 Å². The summed E-state index contributed by atoms with van der Waals surface area (Å²) in [7, 11) is 0. The van der Waals surface area contributed by atoms with Crippen molar-refractivity contribution in [2.24, 2.45) is 0 Å². The summed E-state index contributed by atoms with van der Waals surface area (Å²) in [5, 5.41) is 3.89. The van der Waals surface area contributed by atoms with E-state index in [0.29, 0.717) is 6.04 Å².